The molecule has 78 valence electrons. The molecule has 4 heteroatoms. The molecule has 0 aromatic carbocycles. The molecule has 0 aliphatic carbocycles. The van der Waals surface area contributed by atoms with Gasteiger partial charge in [0, 0.05) is 25.0 Å². The first-order chi connectivity index (χ1) is 6.61. The van der Waals surface area contributed by atoms with E-state index in [0.29, 0.717) is 11.1 Å². The second kappa shape index (κ2) is 5.17. The van der Waals surface area contributed by atoms with Gasteiger partial charge in [0.25, 0.3) is 0 Å². The summed E-state index contributed by atoms with van der Waals surface area (Å²) in [4.78, 5) is 6.08. The standard InChI is InChI=1S/C10H16ClN3/c1-8(14(2)3)6-13-10-4-5-12-7-9(10)11/h4-5,7-8H,6H2,1-3H3,(H,12,13). The van der Waals surface area contributed by atoms with Crippen molar-refractivity contribution in [2.45, 2.75) is 13.0 Å². The third kappa shape index (κ3) is 3.16. The molecule has 1 aromatic rings. The van der Waals surface area contributed by atoms with Gasteiger partial charge in [0.2, 0.25) is 0 Å². The number of nitrogens with one attached hydrogen (secondary N) is 1. The van der Waals surface area contributed by atoms with Crippen LogP contribution in [0.5, 0.6) is 0 Å². The Labute approximate surface area is 90.1 Å². The average Bonchev–Trinajstić information content (AvgIpc) is 2.16. The molecule has 0 fully saturated rings. The normalized spacial score (nSPS) is 12.9. The number of nitrogens with zero attached hydrogens (tertiary/aromatic N) is 2. The number of likely N-dealkylation sites (N-methyl/N-ethyl adjacent to an activating group) is 1. The van der Waals surface area contributed by atoms with Crippen molar-refractivity contribution in [3.05, 3.63) is 23.5 Å². The van der Waals surface area contributed by atoms with Crippen molar-refractivity contribution in [1.82, 2.24) is 9.88 Å². The minimum absolute atomic E-state index is 0.472. The molecule has 14 heavy (non-hydrogen) atoms. The van der Waals surface area contributed by atoms with E-state index in [1.807, 2.05) is 6.07 Å². The van der Waals surface area contributed by atoms with Crippen LogP contribution in [0.15, 0.2) is 18.5 Å². The summed E-state index contributed by atoms with van der Waals surface area (Å²) in [5, 5.41) is 3.95. The van der Waals surface area contributed by atoms with E-state index in [1.165, 1.54) is 0 Å². The molecule has 1 aromatic heterocycles. The van der Waals surface area contributed by atoms with E-state index in [2.05, 4.69) is 36.2 Å². The lowest BCUT2D eigenvalue weighted by Gasteiger charge is -2.20. The highest BCUT2D eigenvalue weighted by Crippen LogP contribution is 2.18. The van der Waals surface area contributed by atoms with Gasteiger partial charge in [-0.3, -0.25) is 4.98 Å². The van der Waals surface area contributed by atoms with Crippen molar-refractivity contribution in [2.75, 3.05) is 26.0 Å². The van der Waals surface area contributed by atoms with Gasteiger partial charge in [-0.25, -0.2) is 0 Å². The van der Waals surface area contributed by atoms with E-state index < -0.39 is 0 Å². The topological polar surface area (TPSA) is 28.2 Å². The fourth-order valence-electron chi connectivity index (χ4n) is 0.959. The summed E-state index contributed by atoms with van der Waals surface area (Å²) >= 11 is 5.95. The molecule has 1 rings (SSSR count). The zero-order chi connectivity index (χ0) is 10.6. The van der Waals surface area contributed by atoms with Gasteiger partial charge >= 0.3 is 0 Å². The van der Waals surface area contributed by atoms with Crippen LogP contribution >= 0.6 is 11.6 Å². The highest BCUT2D eigenvalue weighted by atomic mass is 35.5. The van der Waals surface area contributed by atoms with Crippen LogP contribution in [-0.2, 0) is 0 Å². The molecule has 0 spiro atoms. The maximum absolute atomic E-state index is 5.95. The molecule has 0 aliphatic heterocycles. The van der Waals surface area contributed by atoms with Crippen LogP contribution in [0.3, 0.4) is 0 Å². The molecule has 1 atom stereocenters. The first-order valence-corrected chi connectivity index (χ1v) is 4.99. The van der Waals surface area contributed by atoms with Crippen molar-refractivity contribution in [3.8, 4) is 0 Å². The van der Waals surface area contributed by atoms with Crippen LogP contribution in [0, 0.1) is 0 Å². The molecule has 0 saturated heterocycles. The van der Waals surface area contributed by atoms with Crippen molar-refractivity contribution >= 4 is 17.3 Å². The van der Waals surface area contributed by atoms with E-state index >= 15 is 0 Å². The molecule has 0 amide bonds. The summed E-state index contributed by atoms with van der Waals surface area (Å²) in [6.07, 6.45) is 3.37. The van der Waals surface area contributed by atoms with Crippen LogP contribution in [-0.4, -0.2) is 36.6 Å². The van der Waals surface area contributed by atoms with Crippen LogP contribution in [0.1, 0.15) is 6.92 Å². The van der Waals surface area contributed by atoms with Crippen molar-refractivity contribution in [2.24, 2.45) is 0 Å². The number of rotatable bonds is 4. The summed E-state index contributed by atoms with van der Waals surface area (Å²) in [5.74, 6) is 0. The minimum atomic E-state index is 0.472. The number of hydrogen-bond acceptors (Lipinski definition) is 3. The smallest absolute Gasteiger partial charge is 0.0820 e. The van der Waals surface area contributed by atoms with Gasteiger partial charge in [0.15, 0.2) is 0 Å². The Morgan fingerprint density at radius 3 is 2.86 bits per heavy atom. The molecule has 0 radical (unpaired) electrons. The van der Waals surface area contributed by atoms with E-state index in [9.17, 15) is 0 Å². The number of anilines is 1. The lowest BCUT2D eigenvalue weighted by molar-refractivity contribution is 0.326. The van der Waals surface area contributed by atoms with E-state index in [0.717, 1.165) is 12.2 Å². The lowest BCUT2D eigenvalue weighted by Crippen LogP contribution is -2.31. The highest BCUT2D eigenvalue weighted by molar-refractivity contribution is 6.33. The summed E-state index contributed by atoms with van der Waals surface area (Å²) in [5.41, 5.74) is 0.940. The molecule has 0 saturated carbocycles. The van der Waals surface area contributed by atoms with Crippen molar-refractivity contribution in [3.63, 3.8) is 0 Å². The largest absolute Gasteiger partial charge is 0.382 e. The van der Waals surface area contributed by atoms with Gasteiger partial charge in [0.05, 0.1) is 10.7 Å². The fourth-order valence-corrected chi connectivity index (χ4v) is 1.14. The third-order valence-electron chi connectivity index (χ3n) is 2.24. The summed E-state index contributed by atoms with van der Waals surface area (Å²) in [7, 11) is 4.11. The maximum atomic E-state index is 5.95. The Morgan fingerprint density at radius 1 is 1.57 bits per heavy atom. The quantitative estimate of drug-likeness (QED) is 0.831. The highest BCUT2D eigenvalue weighted by Gasteiger charge is 2.05. The Bertz CT molecular complexity index is 288. The van der Waals surface area contributed by atoms with E-state index in [-0.39, 0.29) is 0 Å². The minimum Gasteiger partial charge on any atom is -0.382 e. The molecule has 0 aliphatic rings. The van der Waals surface area contributed by atoms with E-state index in [1.54, 1.807) is 12.4 Å². The van der Waals surface area contributed by atoms with Gasteiger partial charge in [0.1, 0.15) is 0 Å². The Morgan fingerprint density at radius 2 is 2.29 bits per heavy atom. The molecular formula is C10H16ClN3. The first-order valence-electron chi connectivity index (χ1n) is 4.61. The van der Waals surface area contributed by atoms with Gasteiger partial charge in [-0.15, -0.1) is 0 Å². The molecule has 1 unspecified atom stereocenters. The maximum Gasteiger partial charge on any atom is 0.0820 e. The lowest BCUT2D eigenvalue weighted by atomic mass is 10.3. The van der Waals surface area contributed by atoms with Gasteiger partial charge < -0.3 is 10.2 Å². The van der Waals surface area contributed by atoms with Gasteiger partial charge in [-0.2, -0.15) is 0 Å². The Hall–Kier alpha value is -0.800. The van der Waals surface area contributed by atoms with Crippen LogP contribution in [0.25, 0.3) is 0 Å². The number of pyridine rings is 1. The molecular weight excluding hydrogens is 198 g/mol. The Balaban J connectivity index is 2.50. The number of aromatic nitrogens is 1. The first kappa shape index (κ1) is 11.3. The fraction of sp³-hybridized carbons (Fsp3) is 0.500. The molecule has 1 heterocycles. The van der Waals surface area contributed by atoms with Crippen LogP contribution < -0.4 is 5.32 Å². The monoisotopic (exact) mass is 213 g/mol. The predicted molar refractivity (Wildman–Crippen MR) is 60.9 cm³/mol. The molecule has 1 N–H and O–H groups in total. The van der Waals surface area contributed by atoms with E-state index in [4.69, 9.17) is 11.6 Å². The number of hydrogen-bond donors (Lipinski definition) is 1. The number of halogens is 1. The Kier molecular flexibility index (Phi) is 4.17. The zero-order valence-electron chi connectivity index (χ0n) is 8.79. The third-order valence-corrected chi connectivity index (χ3v) is 2.54. The SMILES string of the molecule is CC(CNc1ccncc1Cl)N(C)C. The van der Waals surface area contributed by atoms with Gasteiger partial charge in [-0.1, -0.05) is 11.6 Å². The van der Waals surface area contributed by atoms with Crippen molar-refractivity contribution in [1.29, 1.82) is 0 Å². The zero-order valence-corrected chi connectivity index (χ0v) is 9.54. The van der Waals surface area contributed by atoms with Crippen LogP contribution in [0.4, 0.5) is 5.69 Å². The predicted octanol–water partition coefficient (Wildman–Crippen LogP) is 2.10. The van der Waals surface area contributed by atoms with Crippen LogP contribution in [0.2, 0.25) is 5.02 Å². The summed E-state index contributed by atoms with van der Waals surface area (Å²) in [6, 6.07) is 2.35. The average molecular weight is 214 g/mol. The molecule has 0 bridgehead atoms. The van der Waals surface area contributed by atoms with Crippen molar-refractivity contribution < 1.29 is 0 Å². The molecule has 3 nitrogen and oxygen atoms in total. The summed E-state index contributed by atoms with van der Waals surface area (Å²) < 4.78 is 0. The second-order valence-electron chi connectivity index (χ2n) is 3.55. The second-order valence-corrected chi connectivity index (χ2v) is 3.96. The summed E-state index contributed by atoms with van der Waals surface area (Å²) in [6.45, 7) is 3.03. The van der Waals surface area contributed by atoms with Gasteiger partial charge in [-0.05, 0) is 27.1 Å².